The van der Waals surface area contributed by atoms with E-state index in [1.165, 1.54) is 5.57 Å². The number of hydrogen-bond donors (Lipinski definition) is 1. The van der Waals surface area contributed by atoms with Gasteiger partial charge in [0, 0.05) is 7.11 Å². The maximum Gasteiger partial charge on any atom is 0.274 e. The van der Waals surface area contributed by atoms with E-state index in [1.807, 2.05) is 18.2 Å². The number of nitrogens with zero attached hydrogens (tertiary/aromatic N) is 1. The number of carbonyl (C=O) groups excluding carboxylic acids is 1. The molecule has 0 spiro atoms. The Labute approximate surface area is 122 Å². The van der Waals surface area contributed by atoms with Gasteiger partial charge in [-0.05, 0) is 31.4 Å². The van der Waals surface area contributed by atoms with E-state index in [4.69, 9.17) is 9.26 Å². The van der Waals surface area contributed by atoms with Crippen molar-refractivity contribution in [2.24, 2.45) is 0 Å². The monoisotopic (exact) mass is 286 g/mol. The molecular formula is C16H18N2O3. The van der Waals surface area contributed by atoms with Crippen LogP contribution >= 0.6 is 0 Å². The highest BCUT2D eigenvalue weighted by Crippen LogP contribution is 2.25. The number of nitrogens with one attached hydrogen (secondary N) is 1. The molecule has 2 unspecified atom stereocenters. The Morgan fingerprint density at radius 3 is 3.10 bits per heavy atom. The first-order chi connectivity index (χ1) is 10.2. The van der Waals surface area contributed by atoms with Gasteiger partial charge >= 0.3 is 0 Å². The van der Waals surface area contributed by atoms with Crippen LogP contribution in [0.3, 0.4) is 0 Å². The number of aromatic nitrogens is 1. The average molecular weight is 286 g/mol. The van der Waals surface area contributed by atoms with E-state index in [2.05, 4.69) is 17.1 Å². The van der Waals surface area contributed by atoms with Crippen LogP contribution in [-0.4, -0.2) is 30.3 Å². The van der Waals surface area contributed by atoms with Gasteiger partial charge < -0.3 is 14.6 Å². The average Bonchev–Trinajstić information content (AvgIpc) is 2.93. The van der Waals surface area contributed by atoms with Gasteiger partial charge in [0.05, 0.1) is 17.5 Å². The van der Waals surface area contributed by atoms with Gasteiger partial charge in [-0.1, -0.05) is 29.4 Å². The summed E-state index contributed by atoms with van der Waals surface area (Å²) in [6.07, 6.45) is 2.48. The van der Waals surface area contributed by atoms with Crippen molar-refractivity contribution >= 4 is 16.9 Å². The molecule has 1 saturated carbocycles. The summed E-state index contributed by atoms with van der Waals surface area (Å²) < 4.78 is 10.6. The predicted molar refractivity (Wildman–Crippen MR) is 79.1 cm³/mol. The minimum Gasteiger partial charge on any atom is -0.379 e. The summed E-state index contributed by atoms with van der Waals surface area (Å²) in [5.74, 6) is -0.223. The molecule has 0 saturated heterocycles. The van der Waals surface area contributed by atoms with Crippen molar-refractivity contribution in [2.75, 3.05) is 7.11 Å². The Balaban J connectivity index is 1.78. The van der Waals surface area contributed by atoms with Gasteiger partial charge in [0.25, 0.3) is 5.91 Å². The van der Waals surface area contributed by atoms with Crippen LogP contribution in [0.1, 0.15) is 29.8 Å². The van der Waals surface area contributed by atoms with Crippen molar-refractivity contribution in [3.63, 3.8) is 0 Å². The molecule has 1 fully saturated rings. The van der Waals surface area contributed by atoms with E-state index in [9.17, 15) is 4.79 Å². The van der Waals surface area contributed by atoms with Crippen molar-refractivity contribution in [3.05, 3.63) is 42.1 Å². The van der Waals surface area contributed by atoms with Crippen molar-refractivity contribution in [3.8, 4) is 0 Å². The lowest BCUT2D eigenvalue weighted by molar-refractivity contribution is 0.0505. The summed E-state index contributed by atoms with van der Waals surface area (Å²) in [4.78, 5) is 12.4. The Morgan fingerprint density at radius 2 is 2.29 bits per heavy atom. The summed E-state index contributed by atoms with van der Waals surface area (Å²) in [6, 6.07) is 7.31. The fraction of sp³-hybridized carbons (Fsp3) is 0.375. The highest BCUT2D eigenvalue weighted by Gasteiger charge is 2.29. The standard InChI is InChI=1S/C16H18N2O3/c1-10-7-8-12(14(9-10)20-2)17-16(19)15-11-5-3-4-6-13(11)21-18-15/h3-6,12,14H,1,7-9H2,2H3,(H,17,19). The first kappa shape index (κ1) is 13.8. The minimum absolute atomic E-state index is 0.0246. The first-order valence-electron chi connectivity index (χ1n) is 7.03. The van der Waals surface area contributed by atoms with Gasteiger partial charge in [0.15, 0.2) is 11.3 Å². The van der Waals surface area contributed by atoms with E-state index >= 15 is 0 Å². The zero-order chi connectivity index (χ0) is 14.8. The van der Waals surface area contributed by atoms with Gasteiger partial charge in [-0.15, -0.1) is 0 Å². The second-order valence-electron chi connectivity index (χ2n) is 5.37. The zero-order valence-corrected chi connectivity index (χ0v) is 12.0. The molecule has 1 N–H and O–H groups in total. The van der Waals surface area contributed by atoms with Crippen LogP contribution in [0, 0.1) is 0 Å². The molecule has 1 heterocycles. The van der Waals surface area contributed by atoms with E-state index in [-0.39, 0.29) is 18.1 Å². The summed E-state index contributed by atoms with van der Waals surface area (Å²) >= 11 is 0. The lowest BCUT2D eigenvalue weighted by Gasteiger charge is -2.32. The third-order valence-corrected chi connectivity index (χ3v) is 3.96. The molecule has 110 valence electrons. The van der Waals surface area contributed by atoms with Crippen LogP contribution in [0.5, 0.6) is 0 Å². The van der Waals surface area contributed by atoms with Crippen LogP contribution in [0.25, 0.3) is 11.0 Å². The molecule has 2 atom stereocenters. The molecule has 1 aliphatic rings. The van der Waals surface area contributed by atoms with E-state index in [1.54, 1.807) is 13.2 Å². The van der Waals surface area contributed by atoms with Crippen LogP contribution in [0.4, 0.5) is 0 Å². The molecule has 0 aliphatic heterocycles. The Bertz CT molecular complexity index is 677. The van der Waals surface area contributed by atoms with Gasteiger partial charge in [-0.25, -0.2) is 0 Å². The predicted octanol–water partition coefficient (Wildman–Crippen LogP) is 2.68. The minimum atomic E-state index is -0.223. The van der Waals surface area contributed by atoms with Gasteiger partial charge in [0.2, 0.25) is 0 Å². The third kappa shape index (κ3) is 2.69. The molecule has 1 aliphatic carbocycles. The van der Waals surface area contributed by atoms with E-state index in [0.29, 0.717) is 11.3 Å². The second-order valence-corrected chi connectivity index (χ2v) is 5.37. The molecule has 5 heteroatoms. The molecule has 2 aromatic rings. The van der Waals surface area contributed by atoms with Crippen LogP contribution < -0.4 is 5.32 Å². The highest BCUT2D eigenvalue weighted by atomic mass is 16.5. The number of rotatable bonds is 3. The quantitative estimate of drug-likeness (QED) is 0.881. The molecular weight excluding hydrogens is 268 g/mol. The van der Waals surface area contributed by atoms with Crippen molar-refractivity contribution in [1.29, 1.82) is 0 Å². The highest BCUT2D eigenvalue weighted by molar-refractivity contribution is 6.04. The Morgan fingerprint density at radius 1 is 1.48 bits per heavy atom. The third-order valence-electron chi connectivity index (χ3n) is 3.96. The van der Waals surface area contributed by atoms with Crippen LogP contribution in [-0.2, 0) is 4.74 Å². The Kier molecular flexibility index (Phi) is 3.75. The fourth-order valence-corrected chi connectivity index (χ4v) is 2.77. The van der Waals surface area contributed by atoms with Crippen LogP contribution in [0.15, 0.2) is 40.9 Å². The van der Waals surface area contributed by atoms with Crippen molar-refractivity contribution in [2.45, 2.75) is 31.4 Å². The topological polar surface area (TPSA) is 64.4 Å². The molecule has 21 heavy (non-hydrogen) atoms. The molecule has 1 amide bonds. The molecule has 1 aromatic heterocycles. The van der Waals surface area contributed by atoms with Crippen molar-refractivity contribution in [1.82, 2.24) is 10.5 Å². The van der Waals surface area contributed by atoms with Crippen LogP contribution in [0.2, 0.25) is 0 Å². The number of carbonyl (C=O) groups is 1. The lowest BCUT2D eigenvalue weighted by atomic mass is 9.89. The maximum absolute atomic E-state index is 12.4. The summed E-state index contributed by atoms with van der Waals surface area (Å²) in [5, 5.41) is 7.61. The number of amides is 1. The van der Waals surface area contributed by atoms with E-state index < -0.39 is 0 Å². The zero-order valence-electron chi connectivity index (χ0n) is 12.0. The number of fused-ring (bicyclic) bond motifs is 1. The lowest BCUT2D eigenvalue weighted by Crippen LogP contribution is -2.46. The number of ether oxygens (including phenoxy) is 1. The Hall–Kier alpha value is -2.14. The molecule has 5 nitrogen and oxygen atoms in total. The van der Waals surface area contributed by atoms with Gasteiger partial charge in [-0.3, -0.25) is 4.79 Å². The summed E-state index contributed by atoms with van der Waals surface area (Å²) in [5.41, 5.74) is 2.10. The summed E-state index contributed by atoms with van der Waals surface area (Å²) in [6.45, 7) is 4.00. The molecule has 1 aromatic carbocycles. The van der Waals surface area contributed by atoms with Gasteiger partial charge in [-0.2, -0.15) is 0 Å². The number of methoxy groups -OCH3 is 1. The molecule has 0 bridgehead atoms. The summed E-state index contributed by atoms with van der Waals surface area (Å²) in [7, 11) is 1.66. The largest absolute Gasteiger partial charge is 0.379 e. The first-order valence-corrected chi connectivity index (χ1v) is 7.03. The van der Waals surface area contributed by atoms with E-state index in [0.717, 1.165) is 24.6 Å². The van der Waals surface area contributed by atoms with Crippen molar-refractivity contribution < 1.29 is 14.1 Å². The number of hydrogen-bond acceptors (Lipinski definition) is 4. The smallest absolute Gasteiger partial charge is 0.274 e. The second kappa shape index (κ2) is 5.69. The molecule has 3 rings (SSSR count). The fourth-order valence-electron chi connectivity index (χ4n) is 2.77. The number of para-hydroxylation sites is 1. The SMILES string of the molecule is C=C1CCC(NC(=O)c2noc3ccccc23)C(OC)C1. The number of benzene rings is 1. The van der Waals surface area contributed by atoms with Gasteiger partial charge in [0.1, 0.15) is 0 Å². The maximum atomic E-state index is 12.4. The molecule has 0 radical (unpaired) electrons. The normalized spacial score (nSPS) is 22.4.